The second kappa shape index (κ2) is 6.26. The zero-order valence-corrected chi connectivity index (χ0v) is 12.2. The first-order chi connectivity index (χ1) is 7.95. The van der Waals surface area contributed by atoms with Gasteiger partial charge in [-0.15, -0.1) is 0 Å². The highest BCUT2D eigenvalue weighted by Crippen LogP contribution is 2.29. The number of nitrogens with one attached hydrogen (secondary N) is 1. The number of nitrogen functional groups attached to an aromatic ring is 1. The molecule has 0 spiro atoms. The SMILES string of the molecule is Cc1cc(NC(CCO)C(C)C)c(Br)cc1N. The quantitative estimate of drug-likeness (QED) is 0.732. The van der Waals surface area contributed by atoms with E-state index in [1.807, 2.05) is 19.1 Å². The Labute approximate surface area is 112 Å². The number of hydrogen-bond donors (Lipinski definition) is 3. The summed E-state index contributed by atoms with van der Waals surface area (Å²) in [7, 11) is 0. The highest BCUT2D eigenvalue weighted by Gasteiger charge is 2.14. The minimum absolute atomic E-state index is 0.196. The van der Waals surface area contributed by atoms with Crippen LogP contribution in [-0.4, -0.2) is 17.8 Å². The van der Waals surface area contributed by atoms with Gasteiger partial charge >= 0.3 is 0 Å². The summed E-state index contributed by atoms with van der Waals surface area (Å²) < 4.78 is 0.962. The van der Waals surface area contributed by atoms with Crippen LogP contribution in [0.15, 0.2) is 16.6 Å². The lowest BCUT2D eigenvalue weighted by atomic mass is 10.0. The number of benzene rings is 1. The van der Waals surface area contributed by atoms with Crippen LogP contribution < -0.4 is 11.1 Å². The Balaban J connectivity index is 2.89. The predicted molar refractivity (Wildman–Crippen MR) is 77.2 cm³/mol. The Morgan fingerprint density at radius 1 is 1.41 bits per heavy atom. The molecule has 96 valence electrons. The monoisotopic (exact) mass is 300 g/mol. The fourth-order valence-electron chi connectivity index (χ4n) is 1.72. The van der Waals surface area contributed by atoms with Gasteiger partial charge in [-0.3, -0.25) is 0 Å². The summed E-state index contributed by atoms with van der Waals surface area (Å²) in [5.41, 5.74) is 8.71. The number of aryl methyl sites for hydroxylation is 1. The number of anilines is 2. The maximum atomic E-state index is 9.06. The molecule has 0 heterocycles. The first-order valence-electron chi connectivity index (χ1n) is 5.88. The van der Waals surface area contributed by atoms with Gasteiger partial charge in [-0.2, -0.15) is 0 Å². The topological polar surface area (TPSA) is 58.3 Å². The Kier molecular flexibility index (Phi) is 5.28. The Hall–Kier alpha value is -0.740. The molecule has 1 atom stereocenters. The minimum atomic E-state index is 0.196. The molecule has 0 saturated carbocycles. The highest BCUT2D eigenvalue weighted by atomic mass is 79.9. The van der Waals surface area contributed by atoms with E-state index >= 15 is 0 Å². The summed E-state index contributed by atoms with van der Waals surface area (Å²) in [6.45, 7) is 6.47. The summed E-state index contributed by atoms with van der Waals surface area (Å²) in [4.78, 5) is 0. The zero-order chi connectivity index (χ0) is 13.0. The van der Waals surface area contributed by atoms with Crippen LogP contribution in [0.25, 0.3) is 0 Å². The fourth-order valence-corrected chi connectivity index (χ4v) is 2.19. The van der Waals surface area contributed by atoms with Crippen molar-refractivity contribution in [3.05, 3.63) is 22.2 Å². The van der Waals surface area contributed by atoms with Crippen molar-refractivity contribution >= 4 is 27.3 Å². The van der Waals surface area contributed by atoms with Gasteiger partial charge in [0, 0.05) is 28.5 Å². The zero-order valence-electron chi connectivity index (χ0n) is 10.6. The molecule has 0 fully saturated rings. The number of halogens is 1. The number of nitrogens with two attached hydrogens (primary N) is 1. The maximum absolute atomic E-state index is 9.06. The lowest BCUT2D eigenvalue weighted by Gasteiger charge is -2.24. The van der Waals surface area contributed by atoms with Gasteiger partial charge in [0.25, 0.3) is 0 Å². The van der Waals surface area contributed by atoms with Crippen molar-refractivity contribution in [2.75, 3.05) is 17.7 Å². The van der Waals surface area contributed by atoms with Gasteiger partial charge in [-0.1, -0.05) is 13.8 Å². The van der Waals surface area contributed by atoms with Crippen LogP contribution in [0, 0.1) is 12.8 Å². The first kappa shape index (κ1) is 14.3. The van der Waals surface area contributed by atoms with Crippen molar-refractivity contribution in [3.8, 4) is 0 Å². The number of hydrogen-bond acceptors (Lipinski definition) is 3. The molecule has 0 radical (unpaired) electrons. The smallest absolute Gasteiger partial charge is 0.0491 e. The molecule has 0 aliphatic heterocycles. The lowest BCUT2D eigenvalue weighted by molar-refractivity contribution is 0.267. The van der Waals surface area contributed by atoms with Gasteiger partial charge in [0.15, 0.2) is 0 Å². The van der Waals surface area contributed by atoms with Crippen molar-refractivity contribution in [1.82, 2.24) is 0 Å². The van der Waals surface area contributed by atoms with E-state index in [4.69, 9.17) is 10.8 Å². The van der Waals surface area contributed by atoms with Crippen molar-refractivity contribution in [1.29, 1.82) is 0 Å². The molecule has 1 aromatic carbocycles. The van der Waals surface area contributed by atoms with Crippen molar-refractivity contribution in [2.24, 2.45) is 5.92 Å². The van der Waals surface area contributed by atoms with E-state index in [0.29, 0.717) is 5.92 Å². The summed E-state index contributed by atoms with van der Waals surface area (Å²) in [6.07, 6.45) is 0.744. The largest absolute Gasteiger partial charge is 0.398 e. The molecule has 0 aliphatic rings. The fraction of sp³-hybridized carbons (Fsp3) is 0.538. The van der Waals surface area contributed by atoms with E-state index in [0.717, 1.165) is 27.8 Å². The molecule has 0 aliphatic carbocycles. The van der Waals surface area contributed by atoms with Crippen LogP contribution >= 0.6 is 15.9 Å². The molecule has 1 unspecified atom stereocenters. The van der Waals surface area contributed by atoms with Crippen LogP contribution in [0.5, 0.6) is 0 Å². The van der Waals surface area contributed by atoms with Gasteiger partial charge in [0.05, 0.1) is 0 Å². The molecule has 0 aromatic heterocycles. The van der Waals surface area contributed by atoms with E-state index < -0.39 is 0 Å². The van der Waals surface area contributed by atoms with Crippen LogP contribution in [0.3, 0.4) is 0 Å². The average molecular weight is 301 g/mol. The third-order valence-electron chi connectivity index (χ3n) is 2.94. The highest BCUT2D eigenvalue weighted by molar-refractivity contribution is 9.10. The van der Waals surface area contributed by atoms with Crippen LogP contribution in [0.1, 0.15) is 25.8 Å². The number of aliphatic hydroxyl groups excluding tert-OH is 1. The predicted octanol–water partition coefficient (Wildman–Crippen LogP) is 3.16. The van der Waals surface area contributed by atoms with Crippen LogP contribution in [-0.2, 0) is 0 Å². The Bertz CT molecular complexity index is 380. The summed E-state index contributed by atoms with van der Waals surface area (Å²) in [5.74, 6) is 0.465. The first-order valence-corrected chi connectivity index (χ1v) is 6.68. The standard InChI is InChI=1S/C13H21BrN2O/c1-8(2)12(4-5-17)16-13-6-9(3)11(15)7-10(13)14/h6-8,12,16-17H,4-5,15H2,1-3H3. The summed E-state index contributed by atoms with van der Waals surface area (Å²) in [6, 6.07) is 4.21. The van der Waals surface area contributed by atoms with E-state index in [2.05, 4.69) is 35.1 Å². The van der Waals surface area contributed by atoms with Gasteiger partial charge in [-0.25, -0.2) is 0 Å². The Morgan fingerprint density at radius 3 is 2.59 bits per heavy atom. The van der Waals surface area contributed by atoms with Gasteiger partial charge in [0.2, 0.25) is 0 Å². The van der Waals surface area contributed by atoms with E-state index in [1.54, 1.807) is 0 Å². The lowest BCUT2D eigenvalue weighted by Crippen LogP contribution is -2.27. The van der Waals surface area contributed by atoms with Crippen LogP contribution in [0.4, 0.5) is 11.4 Å². The maximum Gasteiger partial charge on any atom is 0.0491 e. The summed E-state index contributed by atoms with van der Waals surface area (Å²) >= 11 is 3.50. The molecule has 4 heteroatoms. The second-order valence-corrected chi connectivity index (χ2v) is 5.55. The molecular formula is C13H21BrN2O. The molecule has 4 N–H and O–H groups in total. The molecule has 17 heavy (non-hydrogen) atoms. The minimum Gasteiger partial charge on any atom is -0.398 e. The molecule has 3 nitrogen and oxygen atoms in total. The second-order valence-electron chi connectivity index (χ2n) is 4.70. The van der Waals surface area contributed by atoms with Crippen LogP contribution in [0.2, 0.25) is 0 Å². The van der Waals surface area contributed by atoms with Crippen molar-refractivity contribution in [2.45, 2.75) is 33.2 Å². The third kappa shape index (κ3) is 3.89. The molecule has 0 saturated heterocycles. The normalized spacial score (nSPS) is 12.8. The van der Waals surface area contributed by atoms with E-state index in [9.17, 15) is 0 Å². The van der Waals surface area contributed by atoms with Gasteiger partial charge in [0.1, 0.15) is 0 Å². The number of rotatable bonds is 5. The van der Waals surface area contributed by atoms with E-state index in [-0.39, 0.29) is 12.6 Å². The van der Waals surface area contributed by atoms with Crippen molar-refractivity contribution < 1.29 is 5.11 Å². The molecule has 1 rings (SSSR count). The number of aliphatic hydroxyl groups is 1. The Morgan fingerprint density at radius 2 is 2.06 bits per heavy atom. The molecule has 1 aromatic rings. The molecule has 0 bridgehead atoms. The van der Waals surface area contributed by atoms with Gasteiger partial charge in [-0.05, 0) is 52.9 Å². The van der Waals surface area contributed by atoms with E-state index in [1.165, 1.54) is 0 Å². The van der Waals surface area contributed by atoms with Gasteiger partial charge < -0.3 is 16.2 Å². The average Bonchev–Trinajstić information content (AvgIpc) is 2.24. The third-order valence-corrected chi connectivity index (χ3v) is 3.60. The van der Waals surface area contributed by atoms with Crippen molar-refractivity contribution in [3.63, 3.8) is 0 Å². The molecule has 0 amide bonds. The molecular weight excluding hydrogens is 280 g/mol. The summed E-state index contributed by atoms with van der Waals surface area (Å²) in [5, 5.41) is 12.5.